The lowest BCUT2D eigenvalue weighted by Gasteiger charge is -2.33. The van der Waals surface area contributed by atoms with Crippen LogP contribution < -0.4 is 5.32 Å². The molecule has 0 atom stereocenters. The smallest absolute Gasteiger partial charge is 0.138 e. The molecule has 1 aliphatic rings. The molecule has 3 rings (SSSR count). The first-order chi connectivity index (χ1) is 10.1. The molecule has 4 nitrogen and oxygen atoms in total. The number of anilines is 1. The molecule has 0 radical (unpaired) electrons. The Morgan fingerprint density at radius 2 is 1.86 bits per heavy atom. The van der Waals surface area contributed by atoms with Gasteiger partial charge < -0.3 is 10.2 Å². The van der Waals surface area contributed by atoms with Crippen LogP contribution in [0.15, 0.2) is 6.33 Å². The van der Waals surface area contributed by atoms with Crippen molar-refractivity contribution < 1.29 is 0 Å². The predicted octanol–water partition coefficient (Wildman–Crippen LogP) is 3.59. The minimum absolute atomic E-state index is 0.541. The van der Waals surface area contributed by atoms with Gasteiger partial charge in [-0.15, -0.1) is 11.3 Å². The van der Waals surface area contributed by atoms with Crippen LogP contribution in [-0.4, -0.2) is 41.0 Å². The fourth-order valence-electron chi connectivity index (χ4n) is 3.22. The van der Waals surface area contributed by atoms with Crippen LogP contribution >= 0.6 is 11.3 Å². The van der Waals surface area contributed by atoms with E-state index in [1.165, 1.54) is 41.5 Å². The van der Waals surface area contributed by atoms with Crippen molar-refractivity contribution in [2.24, 2.45) is 0 Å². The van der Waals surface area contributed by atoms with Crippen molar-refractivity contribution in [3.63, 3.8) is 0 Å². The molecule has 0 unspecified atom stereocenters. The lowest BCUT2D eigenvalue weighted by molar-refractivity contribution is 0.221. The highest BCUT2D eigenvalue weighted by Crippen LogP contribution is 2.34. The third-order valence-corrected chi connectivity index (χ3v) is 5.85. The first-order valence-electron chi connectivity index (χ1n) is 7.70. The van der Waals surface area contributed by atoms with E-state index in [0.29, 0.717) is 6.04 Å². The standard InChI is InChI=1S/C16H24N4S/c1-10-11(2)21-16-14(10)15(17-9-18-16)19-12-5-7-13(8-6-12)20(3)4/h9,12-13H,5-8H2,1-4H3,(H,17,18,19). The molecule has 1 saturated carbocycles. The summed E-state index contributed by atoms with van der Waals surface area (Å²) in [5.74, 6) is 1.02. The molecule has 2 aromatic rings. The van der Waals surface area contributed by atoms with E-state index in [4.69, 9.17) is 0 Å². The molecule has 0 aromatic carbocycles. The second kappa shape index (κ2) is 5.89. The fraction of sp³-hybridized carbons (Fsp3) is 0.625. The second-order valence-electron chi connectivity index (χ2n) is 6.30. The van der Waals surface area contributed by atoms with E-state index in [-0.39, 0.29) is 0 Å². The van der Waals surface area contributed by atoms with E-state index in [1.54, 1.807) is 17.7 Å². The van der Waals surface area contributed by atoms with Gasteiger partial charge in [-0.25, -0.2) is 9.97 Å². The lowest BCUT2D eigenvalue weighted by atomic mass is 9.90. The van der Waals surface area contributed by atoms with Gasteiger partial charge in [0.2, 0.25) is 0 Å². The minimum atomic E-state index is 0.541. The zero-order chi connectivity index (χ0) is 15.0. The summed E-state index contributed by atoms with van der Waals surface area (Å²) in [6, 6.07) is 1.28. The summed E-state index contributed by atoms with van der Waals surface area (Å²) >= 11 is 1.76. The van der Waals surface area contributed by atoms with E-state index >= 15 is 0 Å². The number of rotatable bonds is 3. The van der Waals surface area contributed by atoms with E-state index in [9.17, 15) is 0 Å². The summed E-state index contributed by atoms with van der Waals surface area (Å²) < 4.78 is 0. The zero-order valence-electron chi connectivity index (χ0n) is 13.3. The number of aryl methyl sites for hydroxylation is 2. The van der Waals surface area contributed by atoms with Gasteiger partial charge in [0.25, 0.3) is 0 Å². The van der Waals surface area contributed by atoms with Crippen LogP contribution in [0.4, 0.5) is 5.82 Å². The van der Waals surface area contributed by atoms with Crippen molar-refractivity contribution in [1.82, 2.24) is 14.9 Å². The fourth-order valence-corrected chi connectivity index (χ4v) is 4.22. The van der Waals surface area contributed by atoms with E-state index in [2.05, 4.69) is 48.1 Å². The van der Waals surface area contributed by atoms with Crippen molar-refractivity contribution in [3.8, 4) is 0 Å². The lowest BCUT2D eigenvalue weighted by Crippen LogP contribution is -2.36. The molecule has 21 heavy (non-hydrogen) atoms. The van der Waals surface area contributed by atoms with Crippen LogP contribution in [0.2, 0.25) is 0 Å². The summed E-state index contributed by atoms with van der Waals surface area (Å²) in [5, 5.41) is 4.89. The molecule has 1 fully saturated rings. The number of fused-ring (bicyclic) bond motifs is 1. The number of nitrogens with zero attached hydrogens (tertiary/aromatic N) is 3. The quantitative estimate of drug-likeness (QED) is 0.941. The molecule has 0 spiro atoms. The van der Waals surface area contributed by atoms with Crippen LogP contribution in [0.25, 0.3) is 10.2 Å². The van der Waals surface area contributed by atoms with Gasteiger partial charge >= 0.3 is 0 Å². The summed E-state index contributed by atoms with van der Waals surface area (Å²) in [4.78, 5) is 13.7. The Balaban J connectivity index is 1.77. The Kier molecular flexibility index (Phi) is 4.13. The van der Waals surface area contributed by atoms with E-state index in [0.717, 1.165) is 16.7 Å². The summed E-state index contributed by atoms with van der Waals surface area (Å²) in [6.07, 6.45) is 6.65. The number of thiophene rings is 1. The number of nitrogens with one attached hydrogen (secondary N) is 1. The molecular formula is C16H24N4S. The van der Waals surface area contributed by atoms with Crippen LogP contribution in [0.3, 0.4) is 0 Å². The maximum atomic E-state index is 4.50. The highest BCUT2D eigenvalue weighted by Gasteiger charge is 2.23. The molecule has 0 aliphatic heterocycles. The predicted molar refractivity (Wildman–Crippen MR) is 90.2 cm³/mol. The third-order valence-electron chi connectivity index (χ3n) is 4.73. The summed E-state index contributed by atoms with van der Waals surface area (Å²) in [6.45, 7) is 4.33. The Hall–Kier alpha value is -1.20. The SMILES string of the molecule is Cc1sc2ncnc(NC3CCC(N(C)C)CC3)c2c1C. The van der Waals surface area contributed by atoms with E-state index in [1.807, 2.05) is 0 Å². The van der Waals surface area contributed by atoms with E-state index < -0.39 is 0 Å². The van der Waals surface area contributed by atoms with Crippen molar-refractivity contribution >= 4 is 27.4 Å². The zero-order valence-corrected chi connectivity index (χ0v) is 14.1. The van der Waals surface area contributed by atoms with Gasteiger partial charge in [-0.2, -0.15) is 0 Å². The van der Waals surface area contributed by atoms with Gasteiger partial charge in [-0.05, 0) is 59.2 Å². The normalized spacial score (nSPS) is 22.9. The number of hydrogen-bond donors (Lipinski definition) is 1. The Labute approximate surface area is 130 Å². The van der Waals surface area contributed by atoms with Crippen LogP contribution in [-0.2, 0) is 0 Å². The maximum Gasteiger partial charge on any atom is 0.138 e. The summed E-state index contributed by atoms with van der Waals surface area (Å²) in [5.41, 5.74) is 1.32. The number of aromatic nitrogens is 2. The first-order valence-corrected chi connectivity index (χ1v) is 8.51. The average Bonchev–Trinajstić information content (AvgIpc) is 2.76. The van der Waals surface area contributed by atoms with Crippen LogP contribution in [0.1, 0.15) is 36.1 Å². The number of hydrogen-bond acceptors (Lipinski definition) is 5. The van der Waals surface area contributed by atoms with Gasteiger partial charge in [0.1, 0.15) is 17.0 Å². The molecule has 2 aromatic heterocycles. The maximum absolute atomic E-state index is 4.50. The highest BCUT2D eigenvalue weighted by atomic mass is 32.1. The molecule has 2 heterocycles. The molecular weight excluding hydrogens is 280 g/mol. The Morgan fingerprint density at radius 1 is 1.14 bits per heavy atom. The van der Waals surface area contributed by atoms with Gasteiger partial charge in [-0.3, -0.25) is 0 Å². The second-order valence-corrected chi connectivity index (χ2v) is 7.50. The Morgan fingerprint density at radius 3 is 2.52 bits per heavy atom. The summed E-state index contributed by atoms with van der Waals surface area (Å²) in [7, 11) is 4.37. The van der Waals surface area contributed by atoms with Crippen LogP contribution in [0, 0.1) is 13.8 Å². The molecule has 114 valence electrons. The molecule has 1 aliphatic carbocycles. The van der Waals surface area contributed by atoms with Crippen molar-refractivity contribution in [3.05, 3.63) is 16.8 Å². The molecule has 1 N–H and O–H groups in total. The van der Waals surface area contributed by atoms with Gasteiger partial charge in [0, 0.05) is 17.0 Å². The van der Waals surface area contributed by atoms with Gasteiger partial charge in [0.15, 0.2) is 0 Å². The minimum Gasteiger partial charge on any atom is -0.367 e. The first kappa shape index (κ1) is 14.7. The topological polar surface area (TPSA) is 41.1 Å². The largest absolute Gasteiger partial charge is 0.367 e. The monoisotopic (exact) mass is 304 g/mol. The van der Waals surface area contributed by atoms with Crippen molar-refractivity contribution in [2.75, 3.05) is 19.4 Å². The van der Waals surface area contributed by atoms with Gasteiger partial charge in [0.05, 0.1) is 5.39 Å². The average molecular weight is 304 g/mol. The van der Waals surface area contributed by atoms with Crippen molar-refractivity contribution in [1.29, 1.82) is 0 Å². The van der Waals surface area contributed by atoms with Crippen LogP contribution in [0.5, 0.6) is 0 Å². The third kappa shape index (κ3) is 2.90. The molecule has 5 heteroatoms. The Bertz CT molecular complexity index is 626. The molecule has 0 amide bonds. The van der Waals surface area contributed by atoms with Crippen molar-refractivity contribution in [2.45, 2.75) is 51.6 Å². The molecule has 0 bridgehead atoms. The highest BCUT2D eigenvalue weighted by molar-refractivity contribution is 7.18. The van der Waals surface area contributed by atoms with Gasteiger partial charge in [-0.1, -0.05) is 0 Å². The molecule has 0 saturated heterocycles.